The molecule has 0 bridgehead atoms. The molecular formula is C10H14F3N3O. The number of halogens is 3. The number of aromatic nitrogens is 2. The van der Waals surface area contributed by atoms with Gasteiger partial charge in [0.2, 0.25) is 5.82 Å². The Morgan fingerprint density at radius 2 is 1.94 bits per heavy atom. The minimum atomic E-state index is -4.51. The standard InChI is InChI=1S/C10H14F3N3O/c1-17-3-2-7(4-14)8-5-15-9(16-6-8)10(11,12)13/h5-7H,2-4,14H2,1H3/t7-/m1/s1. The topological polar surface area (TPSA) is 61.0 Å². The minimum Gasteiger partial charge on any atom is -0.385 e. The van der Waals surface area contributed by atoms with Crippen molar-refractivity contribution in [3.8, 4) is 0 Å². The van der Waals surface area contributed by atoms with Crippen LogP contribution >= 0.6 is 0 Å². The van der Waals surface area contributed by atoms with Gasteiger partial charge in [-0.3, -0.25) is 0 Å². The smallest absolute Gasteiger partial charge is 0.385 e. The van der Waals surface area contributed by atoms with Crippen LogP contribution in [0.25, 0.3) is 0 Å². The first-order valence-electron chi connectivity index (χ1n) is 5.07. The van der Waals surface area contributed by atoms with Crippen molar-refractivity contribution in [2.45, 2.75) is 18.5 Å². The largest absolute Gasteiger partial charge is 0.451 e. The second-order valence-corrected chi connectivity index (χ2v) is 3.55. The van der Waals surface area contributed by atoms with Gasteiger partial charge in [0.15, 0.2) is 0 Å². The Morgan fingerprint density at radius 3 is 2.35 bits per heavy atom. The molecular weight excluding hydrogens is 235 g/mol. The third-order valence-corrected chi connectivity index (χ3v) is 2.35. The fraction of sp³-hybridized carbons (Fsp3) is 0.600. The molecule has 0 saturated carbocycles. The quantitative estimate of drug-likeness (QED) is 0.860. The molecule has 1 atom stereocenters. The van der Waals surface area contributed by atoms with Crippen LogP contribution in [-0.4, -0.2) is 30.2 Å². The van der Waals surface area contributed by atoms with Gasteiger partial charge in [0.05, 0.1) is 0 Å². The Bertz CT molecular complexity index is 340. The van der Waals surface area contributed by atoms with E-state index < -0.39 is 12.0 Å². The Hall–Kier alpha value is -1.21. The molecule has 0 radical (unpaired) electrons. The Labute approximate surface area is 97.0 Å². The molecule has 1 aromatic heterocycles. The maximum Gasteiger partial charge on any atom is 0.451 e. The van der Waals surface area contributed by atoms with E-state index in [4.69, 9.17) is 10.5 Å². The molecule has 0 aliphatic rings. The maximum atomic E-state index is 12.2. The summed E-state index contributed by atoms with van der Waals surface area (Å²) in [5.74, 6) is -1.22. The summed E-state index contributed by atoms with van der Waals surface area (Å²) in [5, 5.41) is 0. The number of hydrogen-bond donors (Lipinski definition) is 1. The van der Waals surface area contributed by atoms with Gasteiger partial charge in [-0.1, -0.05) is 0 Å². The lowest BCUT2D eigenvalue weighted by molar-refractivity contribution is -0.145. The molecule has 0 aliphatic carbocycles. The van der Waals surface area contributed by atoms with Gasteiger partial charge in [0.25, 0.3) is 0 Å². The van der Waals surface area contributed by atoms with E-state index in [0.29, 0.717) is 25.1 Å². The Kier molecular flexibility index (Phi) is 4.83. The van der Waals surface area contributed by atoms with Crippen LogP contribution in [0.15, 0.2) is 12.4 Å². The molecule has 2 N–H and O–H groups in total. The second-order valence-electron chi connectivity index (χ2n) is 3.55. The maximum absolute atomic E-state index is 12.2. The van der Waals surface area contributed by atoms with Gasteiger partial charge in [0, 0.05) is 32.0 Å². The van der Waals surface area contributed by atoms with Crippen molar-refractivity contribution in [1.82, 2.24) is 9.97 Å². The normalized spacial score (nSPS) is 13.7. The minimum absolute atomic E-state index is 0.0859. The van der Waals surface area contributed by atoms with Gasteiger partial charge in [0.1, 0.15) is 0 Å². The molecule has 1 aromatic rings. The van der Waals surface area contributed by atoms with Gasteiger partial charge in [-0.05, 0) is 18.5 Å². The summed E-state index contributed by atoms with van der Waals surface area (Å²) in [6.07, 6.45) is -1.54. The highest BCUT2D eigenvalue weighted by molar-refractivity contribution is 5.13. The van der Waals surface area contributed by atoms with Gasteiger partial charge in [-0.25, -0.2) is 9.97 Å². The first-order chi connectivity index (χ1) is 7.99. The molecule has 0 fully saturated rings. The summed E-state index contributed by atoms with van der Waals surface area (Å²) in [4.78, 5) is 6.59. The van der Waals surface area contributed by atoms with Gasteiger partial charge in [-0.2, -0.15) is 13.2 Å². The highest BCUT2D eigenvalue weighted by Gasteiger charge is 2.34. The zero-order chi connectivity index (χ0) is 12.9. The van der Waals surface area contributed by atoms with Crippen molar-refractivity contribution in [3.63, 3.8) is 0 Å². The first kappa shape index (κ1) is 13.9. The van der Waals surface area contributed by atoms with E-state index >= 15 is 0 Å². The molecule has 17 heavy (non-hydrogen) atoms. The zero-order valence-corrected chi connectivity index (χ0v) is 9.37. The predicted molar refractivity (Wildman–Crippen MR) is 55.3 cm³/mol. The lowest BCUT2D eigenvalue weighted by Crippen LogP contribution is -2.17. The van der Waals surface area contributed by atoms with E-state index in [-0.39, 0.29) is 5.92 Å². The number of nitrogens with two attached hydrogens (primary N) is 1. The average Bonchev–Trinajstić information content (AvgIpc) is 2.29. The molecule has 0 aliphatic heterocycles. The van der Waals surface area contributed by atoms with Gasteiger partial charge < -0.3 is 10.5 Å². The summed E-state index contributed by atoms with van der Waals surface area (Å²) in [7, 11) is 1.55. The molecule has 0 aromatic carbocycles. The fourth-order valence-corrected chi connectivity index (χ4v) is 1.38. The van der Waals surface area contributed by atoms with E-state index in [0.717, 1.165) is 0 Å². The van der Waals surface area contributed by atoms with Crippen LogP contribution < -0.4 is 5.73 Å². The van der Waals surface area contributed by atoms with E-state index in [9.17, 15) is 13.2 Å². The van der Waals surface area contributed by atoms with Crippen molar-refractivity contribution in [2.24, 2.45) is 5.73 Å². The highest BCUT2D eigenvalue weighted by atomic mass is 19.4. The van der Waals surface area contributed by atoms with Crippen molar-refractivity contribution in [1.29, 1.82) is 0 Å². The summed E-state index contributed by atoms with van der Waals surface area (Å²) >= 11 is 0. The molecule has 0 spiro atoms. The molecule has 0 saturated heterocycles. The Morgan fingerprint density at radius 1 is 1.35 bits per heavy atom. The van der Waals surface area contributed by atoms with Crippen molar-refractivity contribution in [2.75, 3.05) is 20.3 Å². The summed E-state index contributed by atoms with van der Waals surface area (Å²) in [6, 6.07) is 0. The van der Waals surface area contributed by atoms with Crippen LogP contribution in [0.5, 0.6) is 0 Å². The van der Waals surface area contributed by atoms with Crippen molar-refractivity contribution in [3.05, 3.63) is 23.8 Å². The second kappa shape index (κ2) is 5.92. The third-order valence-electron chi connectivity index (χ3n) is 2.35. The van der Waals surface area contributed by atoms with Gasteiger partial charge >= 0.3 is 6.18 Å². The van der Waals surface area contributed by atoms with E-state index in [1.54, 1.807) is 7.11 Å². The lowest BCUT2D eigenvalue weighted by Gasteiger charge is -2.14. The zero-order valence-electron chi connectivity index (χ0n) is 9.37. The van der Waals surface area contributed by atoms with E-state index in [2.05, 4.69) is 9.97 Å². The number of ether oxygens (including phenoxy) is 1. The van der Waals surface area contributed by atoms with E-state index in [1.807, 2.05) is 0 Å². The summed E-state index contributed by atoms with van der Waals surface area (Å²) < 4.78 is 41.6. The SMILES string of the molecule is COCC[C@H](CN)c1cnc(C(F)(F)F)nc1. The van der Waals surface area contributed by atoms with Crippen LogP contribution in [0.4, 0.5) is 13.2 Å². The van der Waals surface area contributed by atoms with Crippen molar-refractivity contribution >= 4 is 0 Å². The molecule has 7 heteroatoms. The van der Waals surface area contributed by atoms with Crippen LogP contribution in [0, 0.1) is 0 Å². The monoisotopic (exact) mass is 249 g/mol. The molecule has 1 rings (SSSR count). The average molecular weight is 249 g/mol. The molecule has 0 unspecified atom stereocenters. The predicted octanol–water partition coefficient (Wildman–Crippen LogP) is 1.57. The number of nitrogens with zero attached hydrogens (tertiary/aromatic N) is 2. The molecule has 96 valence electrons. The number of methoxy groups -OCH3 is 1. The van der Waals surface area contributed by atoms with Crippen LogP contribution in [0.1, 0.15) is 23.7 Å². The highest BCUT2D eigenvalue weighted by Crippen LogP contribution is 2.26. The lowest BCUT2D eigenvalue weighted by atomic mass is 9.99. The molecule has 4 nitrogen and oxygen atoms in total. The molecule has 0 amide bonds. The first-order valence-corrected chi connectivity index (χ1v) is 5.07. The number of rotatable bonds is 5. The number of alkyl halides is 3. The van der Waals surface area contributed by atoms with Crippen LogP contribution in [-0.2, 0) is 10.9 Å². The van der Waals surface area contributed by atoms with Crippen LogP contribution in [0.2, 0.25) is 0 Å². The van der Waals surface area contributed by atoms with Crippen molar-refractivity contribution < 1.29 is 17.9 Å². The summed E-state index contributed by atoms with van der Waals surface area (Å²) in [5.41, 5.74) is 6.13. The third kappa shape index (κ3) is 3.94. The van der Waals surface area contributed by atoms with Gasteiger partial charge in [-0.15, -0.1) is 0 Å². The molecule has 1 heterocycles. The fourth-order valence-electron chi connectivity index (χ4n) is 1.38. The van der Waals surface area contributed by atoms with Crippen LogP contribution in [0.3, 0.4) is 0 Å². The number of hydrogen-bond acceptors (Lipinski definition) is 4. The summed E-state index contributed by atoms with van der Waals surface area (Å²) in [6.45, 7) is 0.807. The van der Waals surface area contributed by atoms with E-state index in [1.165, 1.54) is 12.4 Å². The Balaban J connectivity index is 2.78.